The zero-order chi connectivity index (χ0) is 23.8. The molecule has 0 aliphatic carbocycles. The van der Waals surface area contributed by atoms with E-state index in [0.29, 0.717) is 5.69 Å². The average Bonchev–Trinajstić information content (AvgIpc) is 3.53. The van der Waals surface area contributed by atoms with E-state index < -0.39 is 4.92 Å². The Hall–Kier alpha value is -3.27. The summed E-state index contributed by atoms with van der Waals surface area (Å²) in [7, 11) is 0. The first-order valence-corrected chi connectivity index (χ1v) is 13.5. The number of nitro benzene ring substituents is 1. The van der Waals surface area contributed by atoms with Gasteiger partial charge in [-0.15, -0.1) is 16.4 Å². The molecule has 6 rings (SSSR count). The van der Waals surface area contributed by atoms with E-state index in [2.05, 4.69) is 57.7 Å². The second kappa shape index (κ2) is 9.41. The molecule has 3 aromatic carbocycles. The van der Waals surface area contributed by atoms with Crippen molar-refractivity contribution in [2.24, 2.45) is 0 Å². The summed E-state index contributed by atoms with van der Waals surface area (Å²) in [5, 5.41) is 22.5. The maximum Gasteiger partial charge on any atom is 0.269 e. The van der Waals surface area contributed by atoms with Crippen molar-refractivity contribution in [3.05, 3.63) is 88.6 Å². The maximum absolute atomic E-state index is 11.0. The van der Waals surface area contributed by atoms with Crippen LogP contribution in [0.25, 0.3) is 31.4 Å². The summed E-state index contributed by atoms with van der Waals surface area (Å²) < 4.78 is 4.53. The van der Waals surface area contributed by atoms with Crippen molar-refractivity contribution < 1.29 is 4.92 Å². The van der Waals surface area contributed by atoms with E-state index in [4.69, 9.17) is 0 Å². The molecule has 0 spiro atoms. The van der Waals surface area contributed by atoms with Gasteiger partial charge in [0.25, 0.3) is 5.69 Å². The monoisotopic (exact) mass is 501 g/mol. The molecular formula is C26H23N5O2S2. The van der Waals surface area contributed by atoms with Crippen LogP contribution in [-0.4, -0.2) is 56.0 Å². The number of non-ortho nitro benzene ring substituents is 1. The zero-order valence-electron chi connectivity index (χ0n) is 18.9. The Morgan fingerprint density at radius 1 is 0.971 bits per heavy atom. The van der Waals surface area contributed by atoms with Crippen molar-refractivity contribution in [2.45, 2.75) is 6.04 Å². The highest BCUT2D eigenvalue weighted by Crippen LogP contribution is 2.36. The van der Waals surface area contributed by atoms with Gasteiger partial charge in [-0.1, -0.05) is 29.5 Å². The van der Waals surface area contributed by atoms with Crippen LogP contribution in [0.3, 0.4) is 0 Å². The summed E-state index contributed by atoms with van der Waals surface area (Å²) in [6, 6.07) is 21.8. The van der Waals surface area contributed by atoms with E-state index >= 15 is 0 Å². The van der Waals surface area contributed by atoms with Crippen LogP contribution in [0, 0.1) is 10.1 Å². The molecule has 1 fully saturated rings. The predicted molar refractivity (Wildman–Crippen MR) is 143 cm³/mol. The minimum Gasteiger partial charge on any atom is -0.299 e. The summed E-state index contributed by atoms with van der Waals surface area (Å²) in [6.45, 7) is 2.99. The minimum atomic E-state index is -0.391. The van der Waals surface area contributed by atoms with E-state index in [9.17, 15) is 10.1 Å². The Labute approximate surface area is 210 Å². The Morgan fingerprint density at radius 2 is 1.74 bits per heavy atom. The highest BCUT2D eigenvalue weighted by Gasteiger charge is 2.22. The molecule has 1 atom stereocenters. The van der Waals surface area contributed by atoms with E-state index in [1.54, 1.807) is 12.1 Å². The quantitative estimate of drug-likeness (QED) is 0.214. The third-order valence-corrected chi connectivity index (χ3v) is 8.62. The SMILES string of the molecule is O=[N+]([O-])c1ccc(-c2cn(C(CN3CCSCC3)c3ccc4sc5ccccc5c4c3)nn2)cc1. The van der Waals surface area contributed by atoms with Crippen molar-refractivity contribution in [1.82, 2.24) is 19.9 Å². The number of rotatable bonds is 6. The van der Waals surface area contributed by atoms with Crippen molar-refractivity contribution in [2.75, 3.05) is 31.1 Å². The lowest BCUT2D eigenvalue weighted by Crippen LogP contribution is -2.37. The second-order valence-electron chi connectivity index (χ2n) is 8.67. The van der Waals surface area contributed by atoms with Gasteiger partial charge in [0.05, 0.1) is 17.2 Å². The van der Waals surface area contributed by atoms with Crippen molar-refractivity contribution in [1.29, 1.82) is 0 Å². The molecule has 1 unspecified atom stereocenters. The summed E-state index contributed by atoms with van der Waals surface area (Å²) >= 11 is 3.83. The number of nitro groups is 1. The van der Waals surface area contributed by atoms with Gasteiger partial charge in [0.2, 0.25) is 0 Å². The number of hydrogen-bond donors (Lipinski definition) is 0. The number of thioether (sulfide) groups is 1. The van der Waals surface area contributed by atoms with E-state index in [0.717, 1.165) is 36.7 Å². The minimum absolute atomic E-state index is 0.0143. The number of fused-ring (bicyclic) bond motifs is 3. The van der Waals surface area contributed by atoms with E-state index in [-0.39, 0.29) is 11.7 Å². The van der Waals surface area contributed by atoms with Gasteiger partial charge < -0.3 is 0 Å². The van der Waals surface area contributed by atoms with Gasteiger partial charge in [0.15, 0.2) is 0 Å². The summed E-state index contributed by atoms with van der Waals surface area (Å²) in [5.74, 6) is 2.29. The van der Waals surface area contributed by atoms with Gasteiger partial charge in [0.1, 0.15) is 5.69 Å². The molecule has 1 aliphatic rings. The lowest BCUT2D eigenvalue weighted by atomic mass is 10.0. The molecule has 0 amide bonds. The third kappa shape index (κ3) is 4.42. The molecule has 1 aliphatic heterocycles. The topological polar surface area (TPSA) is 77.1 Å². The second-order valence-corrected chi connectivity index (χ2v) is 11.0. The first kappa shape index (κ1) is 22.2. The normalized spacial score (nSPS) is 15.5. The largest absolute Gasteiger partial charge is 0.299 e. The lowest BCUT2D eigenvalue weighted by Gasteiger charge is -2.30. The molecule has 5 aromatic rings. The molecule has 176 valence electrons. The Kier molecular flexibility index (Phi) is 5.97. The molecule has 0 saturated carbocycles. The fraction of sp³-hybridized carbons (Fsp3) is 0.231. The third-order valence-electron chi connectivity index (χ3n) is 6.52. The first-order chi connectivity index (χ1) is 17.2. The Bertz CT molecular complexity index is 1510. The predicted octanol–water partition coefficient (Wildman–Crippen LogP) is 5.86. The van der Waals surface area contributed by atoms with Crippen LogP contribution in [-0.2, 0) is 0 Å². The Balaban J connectivity index is 1.39. The van der Waals surface area contributed by atoms with Crippen molar-refractivity contribution in [3.8, 4) is 11.3 Å². The molecule has 1 saturated heterocycles. The van der Waals surface area contributed by atoms with Crippen LogP contribution in [0.4, 0.5) is 5.69 Å². The van der Waals surface area contributed by atoms with Gasteiger partial charge in [-0.25, -0.2) is 4.68 Å². The number of thiophene rings is 1. The molecule has 0 bridgehead atoms. The first-order valence-electron chi connectivity index (χ1n) is 11.5. The van der Waals surface area contributed by atoms with Gasteiger partial charge in [-0.3, -0.25) is 15.0 Å². The van der Waals surface area contributed by atoms with E-state index in [1.165, 1.54) is 37.9 Å². The summed E-state index contributed by atoms with van der Waals surface area (Å²) in [4.78, 5) is 13.1. The molecule has 7 nitrogen and oxygen atoms in total. The molecule has 0 radical (unpaired) electrons. The molecule has 0 N–H and O–H groups in total. The highest BCUT2D eigenvalue weighted by molar-refractivity contribution is 7.99. The smallest absolute Gasteiger partial charge is 0.269 e. The van der Waals surface area contributed by atoms with Crippen LogP contribution in [0.2, 0.25) is 0 Å². The van der Waals surface area contributed by atoms with Gasteiger partial charge in [-0.05, 0) is 35.9 Å². The number of aromatic nitrogens is 3. The van der Waals surface area contributed by atoms with E-state index in [1.807, 2.05) is 34.0 Å². The maximum atomic E-state index is 11.0. The van der Waals surface area contributed by atoms with Crippen LogP contribution in [0.1, 0.15) is 11.6 Å². The molecule has 2 aromatic heterocycles. The van der Waals surface area contributed by atoms with Crippen LogP contribution in [0.15, 0.2) is 72.9 Å². The van der Waals surface area contributed by atoms with Crippen molar-refractivity contribution in [3.63, 3.8) is 0 Å². The molecular weight excluding hydrogens is 478 g/mol. The van der Waals surface area contributed by atoms with Crippen molar-refractivity contribution >= 4 is 49.0 Å². The fourth-order valence-electron chi connectivity index (χ4n) is 4.64. The van der Waals surface area contributed by atoms with Crippen LogP contribution in [0.5, 0.6) is 0 Å². The van der Waals surface area contributed by atoms with Crippen LogP contribution >= 0.6 is 23.1 Å². The summed E-state index contributed by atoms with van der Waals surface area (Å²) in [6.07, 6.45) is 1.96. The number of nitrogens with zero attached hydrogens (tertiary/aromatic N) is 5. The fourth-order valence-corrected chi connectivity index (χ4v) is 6.70. The van der Waals surface area contributed by atoms with Crippen LogP contribution < -0.4 is 0 Å². The molecule has 35 heavy (non-hydrogen) atoms. The summed E-state index contributed by atoms with van der Waals surface area (Å²) in [5.41, 5.74) is 2.80. The molecule has 9 heteroatoms. The highest BCUT2D eigenvalue weighted by atomic mass is 32.2. The Morgan fingerprint density at radius 3 is 2.54 bits per heavy atom. The lowest BCUT2D eigenvalue weighted by molar-refractivity contribution is -0.384. The van der Waals surface area contributed by atoms with Gasteiger partial charge in [0, 0.05) is 69.0 Å². The average molecular weight is 502 g/mol. The van der Waals surface area contributed by atoms with Gasteiger partial charge in [-0.2, -0.15) is 11.8 Å². The van der Waals surface area contributed by atoms with Gasteiger partial charge >= 0.3 is 0 Å². The number of hydrogen-bond acceptors (Lipinski definition) is 7. The number of benzene rings is 3. The zero-order valence-corrected chi connectivity index (χ0v) is 20.5. The standard InChI is InChI=1S/C26H23N5O2S2/c32-31(33)20-8-5-18(6-9-20)23-16-30(28-27-23)24(17-29-11-13-34-14-12-29)19-7-10-26-22(15-19)21-3-1-2-4-25(21)35-26/h1-10,15-16,24H,11-14,17H2. The molecule has 3 heterocycles.